The first-order valence-electron chi connectivity index (χ1n) is 7.32. The van der Waals surface area contributed by atoms with Crippen molar-refractivity contribution in [2.45, 2.75) is 37.9 Å². The van der Waals surface area contributed by atoms with E-state index in [9.17, 15) is 4.79 Å². The molecule has 0 spiro atoms. The van der Waals surface area contributed by atoms with Crippen LogP contribution in [0.25, 0.3) is 0 Å². The lowest BCUT2D eigenvalue weighted by molar-refractivity contribution is -0.117. The van der Waals surface area contributed by atoms with E-state index in [1.54, 1.807) is 11.8 Å². The zero-order chi connectivity index (χ0) is 15.2. The zero-order valence-corrected chi connectivity index (χ0v) is 14.2. The van der Waals surface area contributed by atoms with Crippen molar-refractivity contribution in [1.82, 2.24) is 14.3 Å². The van der Waals surface area contributed by atoms with Gasteiger partial charge in [-0.1, -0.05) is 18.7 Å². The predicted molar refractivity (Wildman–Crippen MR) is 87.8 cm³/mol. The van der Waals surface area contributed by atoms with Crippen molar-refractivity contribution in [3.05, 3.63) is 0 Å². The van der Waals surface area contributed by atoms with Crippen LogP contribution in [0.3, 0.4) is 0 Å². The van der Waals surface area contributed by atoms with Gasteiger partial charge in [0.15, 0.2) is 0 Å². The Kier molecular flexibility index (Phi) is 6.40. The van der Waals surface area contributed by atoms with E-state index < -0.39 is 0 Å². The summed E-state index contributed by atoms with van der Waals surface area (Å²) in [7, 11) is 0. The molecule has 0 saturated carbocycles. The van der Waals surface area contributed by atoms with Gasteiger partial charge in [0.05, 0.1) is 6.54 Å². The monoisotopic (exact) mass is 329 g/mol. The minimum atomic E-state index is -0.0253. The Morgan fingerprint density at radius 2 is 2.43 bits per heavy atom. The third kappa shape index (κ3) is 4.91. The van der Waals surface area contributed by atoms with E-state index in [2.05, 4.69) is 33.4 Å². The number of nitrogens with two attached hydrogens (primary N) is 1. The van der Waals surface area contributed by atoms with E-state index >= 15 is 0 Å². The summed E-state index contributed by atoms with van der Waals surface area (Å²) in [5, 5.41) is 4.17. The molecule has 8 heteroatoms. The summed E-state index contributed by atoms with van der Waals surface area (Å²) < 4.78 is 4.23. The number of hydrogen-bond donors (Lipinski definition) is 2. The van der Waals surface area contributed by atoms with Crippen LogP contribution in [-0.4, -0.2) is 51.6 Å². The molecule has 1 aromatic heterocycles. The highest BCUT2D eigenvalue weighted by atomic mass is 32.2. The molecule has 21 heavy (non-hydrogen) atoms. The molecule has 1 fully saturated rings. The van der Waals surface area contributed by atoms with Gasteiger partial charge in [0.2, 0.25) is 16.2 Å². The predicted octanol–water partition coefficient (Wildman–Crippen LogP) is 1.65. The summed E-state index contributed by atoms with van der Waals surface area (Å²) in [5.41, 5.74) is 5.71. The summed E-state index contributed by atoms with van der Waals surface area (Å²) in [6.45, 7) is 6.26. The number of nitrogens with zero attached hydrogens (tertiary/aromatic N) is 3. The Morgan fingerprint density at radius 3 is 3.10 bits per heavy atom. The number of carbonyl (C=O) groups excluding carboxylic acids is 1. The molecule has 1 aliphatic rings. The minimum Gasteiger partial charge on any atom is -0.330 e. The Morgan fingerprint density at radius 1 is 1.62 bits per heavy atom. The summed E-state index contributed by atoms with van der Waals surface area (Å²) in [6.07, 6.45) is 2.15. The highest BCUT2D eigenvalue weighted by Gasteiger charge is 2.29. The maximum absolute atomic E-state index is 12.1. The molecule has 0 aromatic carbocycles. The first-order chi connectivity index (χ1) is 10.1. The number of hydrogen-bond acceptors (Lipinski definition) is 7. The molecule has 2 heterocycles. The summed E-state index contributed by atoms with van der Waals surface area (Å²) in [5.74, 6) is 1.48. The maximum atomic E-state index is 12.1. The van der Waals surface area contributed by atoms with Crippen LogP contribution in [-0.2, 0) is 4.79 Å². The standard InChI is InChI=1S/C13H23N5OS2/c1-3-4-20-13-16-12(21-17-13)15-11(19)8-18-7-10(6-14)5-9(18)2/h9-10H,3-8,14H2,1-2H3,(H,15,16,17,19). The van der Waals surface area contributed by atoms with E-state index in [1.165, 1.54) is 11.5 Å². The van der Waals surface area contributed by atoms with Crippen LogP contribution in [0, 0.1) is 5.92 Å². The van der Waals surface area contributed by atoms with E-state index in [1.807, 2.05) is 0 Å². The van der Waals surface area contributed by atoms with Gasteiger partial charge in [0.1, 0.15) is 0 Å². The van der Waals surface area contributed by atoms with Crippen LogP contribution in [0.15, 0.2) is 5.16 Å². The van der Waals surface area contributed by atoms with Crippen molar-refractivity contribution < 1.29 is 4.79 Å². The highest BCUT2D eigenvalue weighted by Crippen LogP contribution is 2.23. The molecule has 0 radical (unpaired) electrons. The van der Waals surface area contributed by atoms with Gasteiger partial charge in [0.25, 0.3) is 0 Å². The molecular formula is C13H23N5OS2. The third-order valence-corrected chi connectivity index (χ3v) is 5.36. The number of nitrogens with one attached hydrogen (secondary N) is 1. The molecular weight excluding hydrogens is 306 g/mol. The van der Waals surface area contributed by atoms with Gasteiger partial charge in [-0.3, -0.25) is 15.0 Å². The number of amides is 1. The SMILES string of the molecule is CCCSc1nsc(NC(=O)CN2CC(CN)CC2C)n1. The largest absolute Gasteiger partial charge is 0.330 e. The first kappa shape index (κ1) is 16.7. The average Bonchev–Trinajstić information content (AvgIpc) is 3.04. The lowest BCUT2D eigenvalue weighted by Gasteiger charge is -2.19. The maximum Gasteiger partial charge on any atom is 0.240 e. The molecule has 1 aromatic rings. The number of anilines is 1. The van der Waals surface area contributed by atoms with Crippen LogP contribution in [0.1, 0.15) is 26.7 Å². The van der Waals surface area contributed by atoms with Crippen molar-refractivity contribution in [3.8, 4) is 0 Å². The Hall–Kier alpha value is -0.700. The van der Waals surface area contributed by atoms with Crippen LogP contribution in [0.2, 0.25) is 0 Å². The van der Waals surface area contributed by atoms with Crippen molar-refractivity contribution in [2.75, 3.05) is 30.7 Å². The van der Waals surface area contributed by atoms with Gasteiger partial charge in [-0.2, -0.15) is 9.36 Å². The normalized spacial score (nSPS) is 22.6. The van der Waals surface area contributed by atoms with Gasteiger partial charge in [0, 0.05) is 29.9 Å². The first-order valence-corrected chi connectivity index (χ1v) is 9.08. The molecule has 3 N–H and O–H groups in total. The summed E-state index contributed by atoms with van der Waals surface area (Å²) in [4.78, 5) is 18.6. The fraction of sp³-hybridized carbons (Fsp3) is 0.769. The molecule has 1 amide bonds. The van der Waals surface area contributed by atoms with Crippen molar-refractivity contribution in [1.29, 1.82) is 0 Å². The second-order valence-corrected chi connectivity index (χ2v) is 7.21. The minimum absolute atomic E-state index is 0.0253. The molecule has 6 nitrogen and oxygen atoms in total. The molecule has 118 valence electrons. The lowest BCUT2D eigenvalue weighted by Crippen LogP contribution is -2.35. The molecule has 2 rings (SSSR count). The number of carbonyl (C=O) groups is 1. The number of thioether (sulfide) groups is 1. The summed E-state index contributed by atoms with van der Waals surface area (Å²) >= 11 is 2.86. The molecule has 2 atom stereocenters. The second-order valence-electron chi connectivity index (χ2n) is 5.39. The Bertz CT molecular complexity index is 467. The molecule has 0 aliphatic carbocycles. The van der Waals surface area contributed by atoms with Gasteiger partial charge in [-0.05, 0) is 32.2 Å². The van der Waals surface area contributed by atoms with Crippen LogP contribution >= 0.6 is 23.3 Å². The summed E-state index contributed by atoms with van der Waals surface area (Å²) in [6, 6.07) is 0.411. The molecule has 0 bridgehead atoms. The van der Waals surface area contributed by atoms with Crippen molar-refractivity contribution in [3.63, 3.8) is 0 Å². The smallest absolute Gasteiger partial charge is 0.240 e. The van der Waals surface area contributed by atoms with Crippen LogP contribution in [0.4, 0.5) is 5.13 Å². The van der Waals surface area contributed by atoms with Gasteiger partial charge in [-0.15, -0.1) is 0 Å². The van der Waals surface area contributed by atoms with E-state index in [-0.39, 0.29) is 5.91 Å². The highest BCUT2D eigenvalue weighted by molar-refractivity contribution is 7.99. The van der Waals surface area contributed by atoms with Crippen molar-refractivity contribution in [2.24, 2.45) is 11.7 Å². The average molecular weight is 329 g/mol. The molecule has 1 aliphatic heterocycles. The Labute approximate surface area is 134 Å². The van der Waals surface area contributed by atoms with Crippen LogP contribution < -0.4 is 11.1 Å². The third-order valence-electron chi connectivity index (χ3n) is 3.56. The van der Waals surface area contributed by atoms with Gasteiger partial charge < -0.3 is 5.73 Å². The fourth-order valence-electron chi connectivity index (χ4n) is 2.46. The number of aromatic nitrogens is 2. The molecule has 2 unspecified atom stereocenters. The number of likely N-dealkylation sites (tertiary alicyclic amines) is 1. The van der Waals surface area contributed by atoms with Gasteiger partial charge >= 0.3 is 0 Å². The van der Waals surface area contributed by atoms with E-state index in [0.717, 1.165) is 30.3 Å². The second kappa shape index (κ2) is 8.07. The Balaban J connectivity index is 1.80. The topological polar surface area (TPSA) is 84.1 Å². The van der Waals surface area contributed by atoms with E-state index in [4.69, 9.17) is 5.73 Å². The van der Waals surface area contributed by atoms with Crippen LogP contribution in [0.5, 0.6) is 0 Å². The quantitative estimate of drug-likeness (QED) is 0.740. The van der Waals surface area contributed by atoms with Gasteiger partial charge in [-0.25, -0.2) is 0 Å². The van der Waals surface area contributed by atoms with Crippen molar-refractivity contribution >= 4 is 34.3 Å². The lowest BCUT2D eigenvalue weighted by atomic mass is 10.1. The van der Waals surface area contributed by atoms with E-state index in [0.29, 0.717) is 30.2 Å². The zero-order valence-electron chi connectivity index (χ0n) is 12.5. The number of rotatable bonds is 7. The fourth-order valence-corrected chi connectivity index (χ4v) is 3.88. The molecule has 1 saturated heterocycles.